The van der Waals surface area contributed by atoms with Crippen LogP contribution in [0.5, 0.6) is 0 Å². The van der Waals surface area contributed by atoms with E-state index in [0.29, 0.717) is 23.7 Å². The van der Waals surface area contributed by atoms with Crippen LogP contribution in [0, 0.1) is 5.92 Å². The maximum absolute atomic E-state index is 13.1. The largest absolute Gasteiger partial charge is 0.318 e. The molecule has 122 valence electrons. The predicted molar refractivity (Wildman–Crippen MR) is 93.3 cm³/mol. The number of likely N-dealkylation sites (tertiary alicyclic amines) is 1. The smallest absolute Gasteiger partial charge is 0.257 e. The number of hydrogen-bond donors (Lipinski definition) is 1. The maximum atomic E-state index is 13.1. The lowest BCUT2D eigenvalue weighted by Crippen LogP contribution is -2.52. The van der Waals surface area contributed by atoms with E-state index in [-0.39, 0.29) is 23.7 Å². The second-order valence-electron chi connectivity index (χ2n) is 6.22. The Morgan fingerprint density at radius 2 is 1.92 bits per heavy atom. The van der Waals surface area contributed by atoms with Crippen LogP contribution in [-0.2, 0) is 9.59 Å². The van der Waals surface area contributed by atoms with Gasteiger partial charge < -0.3 is 5.32 Å². The van der Waals surface area contributed by atoms with Gasteiger partial charge in [-0.15, -0.1) is 0 Å². The first-order valence-electron chi connectivity index (χ1n) is 8.02. The van der Waals surface area contributed by atoms with Gasteiger partial charge in [0.05, 0.1) is 5.92 Å². The van der Waals surface area contributed by atoms with E-state index in [1.54, 1.807) is 19.2 Å². The van der Waals surface area contributed by atoms with Gasteiger partial charge in [0.15, 0.2) is 0 Å². The highest BCUT2D eigenvalue weighted by Crippen LogP contribution is 2.50. The Labute approximate surface area is 145 Å². The molecule has 1 aliphatic heterocycles. The first-order valence-corrected chi connectivity index (χ1v) is 8.40. The number of allylic oxidation sites excluding steroid dienone is 4. The molecule has 2 amide bonds. The number of halogens is 1. The van der Waals surface area contributed by atoms with Crippen molar-refractivity contribution in [1.29, 1.82) is 0 Å². The zero-order valence-corrected chi connectivity index (χ0v) is 14.0. The van der Waals surface area contributed by atoms with Crippen molar-refractivity contribution in [1.82, 2.24) is 10.2 Å². The third kappa shape index (κ3) is 2.10. The van der Waals surface area contributed by atoms with Gasteiger partial charge in [-0.05, 0) is 35.9 Å². The molecular formula is C19H17ClN2O2. The number of likely N-dealkylation sites (N-methyl/N-ethyl adjacent to an activating group) is 1. The second kappa shape index (κ2) is 5.72. The van der Waals surface area contributed by atoms with Gasteiger partial charge in [-0.2, -0.15) is 0 Å². The zero-order valence-electron chi connectivity index (χ0n) is 13.3. The minimum atomic E-state index is -0.385. The first kappa shape index (κ1) is 15.4. The summed E-state index contributed by atoms with van der Waals surface area (Å²) in [6.45, 7) is 0.941. The Balaban J connectivity index is 1.90. The highest BCUT2D eigenvalue weighted by molar-refractivity contribution is 6.33. The van der Waals surface area contributed by atoms with Crippen LogP contribution in [0.4, 0.5) is 0 Å². The van der Waals surface area contributed by atoms with Crippen molar-refractivity contribution in [2.45, 2.75) is 5.92 Å². The summed E-state index contributed by atoms with van der Waals surface area (Å²) in [6.07, 6.45) is 5.53. The molecule has 1 fully saturated rings. The number of fused-ring (bicyclic) bond motifs is 2. The van der Waals surface area contributed by atoms with Gasteiger partial charge in [-0.25, -0.2) is 0 Å². The molecule has 1 aromatic carbocycles. The number of hydrogen-bond acceptors (Lipinski definition) is 3. The minimum Gasteiger partial charge on any atom is -0.318 e. The Morgan fingerprint density at radius 1 is 1.12 bits per heavy atom. The number of carbonyl (C=O) groups is 2. The van der Waals surface area contributed by atoms with E-state index in [0.717, 1.165) is 16.7 Å². The normalized spacial score (nSPS) is 24.8. The van der Waals surface area contributed by atoms with E-state index in [1.165, 1.54) is 4.90 Å². The summed E-state index contributed by atoms with van der Waals surface area (Å²) < 4.78 is 0. The molecular weight excluding hydrogens is 324 g/mol. The van der Waals surface area contributed by atoms with Gasteiger partial charge >= 0.3 is 0 Å². The summed E-state index contributed by atoms with van der Waals surface area (Å²) >= 11 is 6.39. The fourth-order valence-corrected chi connectivity index (χ4v) is 4.04. The van der Waals surface area contributed by atoms with E-state index >= 15 is 0 Å². The average Bonchev–Trinajstić information content (AvgIpc) is 2.59. The molecule has 0 spiro atoms. The van der Waals surface area contributed by atoms with Crippen LogP contribution in [0.1, 0.15) is 17.0 Å². The lowest BCUT2D eigenvalue weighted by molar-refractivity contribution is -0.147. The Bertz CT molecular complexity index is 838. The molecule has 0 bridgehead atoms. The lowest BCUT2D eigenvalue weighted by atomic mass is 9.67. The molecule has 4 nitrogen and oxygen atoms in total. The highest BCUT2D eigenvalue weighted by Gasteiger charge is 2.49. The van der Waals surface area contributed by atoms with Gasteiger partial charge in [-0.3, -0.25) is 14.5 Å². The van der Waals surface area contributed by atoms with E-state index in [2.05, 4.69) is 5.32 Å². The van der Waals surface area contributed by atoms with Crippen LogP contribution in [0.3, 0.4) is 0 Å². The van der Waals surface area contributed by atoms with Crippen molar-refractivity contribution in [3.8, 4) is 0 Å². The SMILES string of the molecule is CNCCN1C(=O)C2=CC=C(Cl)C3=Cc4ccccc4C(C1=O)C23. The van der Waals surface area contributed by atoms with Crippen molar-refractivity contribution in [3.63, 3.8) is 0 Å². The lowest BCUT2D eigenvalue weighted by Gasteiger charge is -2.43. The molecule has 1 saturated heterocycles. The molecule has 24 heavy (non-hydrogen) atoms. The van der Waals surface area contributed by atoms with Crippen LogP contribution in [0.15, 0.2) is 52.6 Å². The number of rotatable bonds is 3. The summed E-state index contributed by atoms with van der Waals surface area (Å²) in [5.74, 6) is -1.00. The van der Waals surface area contributed by atoms with E-state index < -0.39 is 0 Å². The number of nitrogens with one attached hydrogen (secondary N) is 1. The molecule has 0 radical (unpaired) electrons. The van der Waals surface area contributed by atoms with Crippen LogP contribution >= 0.6 is 11.6 Å². The number of nitrogens with zero attached hydrogens (tertiary/aromatic N) is 1. The molecule has 1 N–H and O–H groups in total. The van der Waals surface area contributed by atoms with E-state index in [1.807, 2.05) is 30.3 Å². The van der Waals surface area contributed by atoms with E-state index in [9.17, 15) is 9.59 Å². The number of amides is 2. The van der Waals surface area contributed by atoms with Crippen LogP contribution < -0.4 is 5.32 Å². The number of benzene rings is 1. The topological polar surface area (TPSA) is 49.4 Å². The van der Waals surface area contributed by atoms with Crippen molar-refractivity contribution in [3.05, 3.63) is 63.7 Å². The van der Waals surface area contributed by atoms with Gasteiger partial charge in [0.2, 0.25) is 5.91 Å². The minimum absolute atomic E-state index is 0.137. The van der Waals surface area contributed by atoms with Crippen LogP contribution in [0.25, 0.3) is 6.08 Å². The standard InChI is InChI=1S/C19H17ClN2O2/c1-21-8-9-22-18(23)13-6-7-15(20)14-10-11-4-2-3-5-12(11)17(16(13)14)19(22)24/h2-7,10,16-17,21H,8-9H2,1H3. The van der Waals surface area contributed by atoms with Gasteiger partial charge in [-0.1, -0.05) is 41.9 Å². The molecule has 2 unspecified atom stereocenters. The number of carbonyl (C=O) groups excluding carboxylic acids is 2. The zero-order chi connectivity index (χ0) is 16.8. The molecule has 0 aromatic heterocycles. The second-order valence-corrected chi connectivity index (χ2v) is 6.63. The van der Waals surface area contributed by atoms with E-state index in [4.69, 9.17) is 11.6 Å². The molecule has 4 rings (SSSR count). The average molecular weight is 341 g/mol. The molecule has 3 aliphatic rings. The fraction of sp³-hybridized carbons (Fsp3) is 0.263. The molecule has 0 saturated carbocycles. The summed E-state index contributed by atoms with van der Waals surface area (Å²) in [6, 6.07) is 7.84. The van der Waals surface area contributed by atoms with Crippen molar-refractivity contribution in [2.75, 3.05) is 20.1 Å². The number of imide groups is 1. The van der Waals surface area contributed by atoms with Gasteiger partial charge in [0.25, 0.3) is 5.91 Å². The van der Waals surface area contributed by atoms with Gasteiger partial charge in [0, 0.05) is 29.6 Å². The third-order valence-corrected chi connectivity index (χ3v) is 5.28. The maximum Gasteiger partial charge on any atom is 0.257 e. The van der Waals surface area contributed by atoms with Gasteiger partial charge in [0.1, 0.15) is 0 Å². The summed E-state index contributed by atoms with van der Waals surface area (Å²) in [5, 5.41) is 3.60. The highest BCUT2D eigenvalue weighted by atomic mass is 35.5. The molecule has 2 atom stereocenters. The number of piperidine rings is 1. The summed E-state index contributed by atoms with van der Waals surface area (Å²) in [7, 11) is 1.81. The summed E-state index contributed by atoms with van der Waals surface area (Å²) in [5.41, 5.74) is 3.49. The quantitative estimate of drug-likeness (QED) is 0.860. The predicted octanol–water partition coefficient (Wildman–Crippen LogP) is 2.43. The third-order valence-electron chi connectivity index (χ3n) is 4.94. The molecule has 2 aliphatic carbocycles. The van der Waals surface area contributed by atoms with Crippen molar-refractivity contribution < 1.29 is 9.59 Å². The molecule has 1 heterocycles. The Hall–Kier alpha value is -2.17. The Kier molecular flexibility index (Phi) is 3.66. The van der Waals surface area contributed by atoms with Crippen LogP contribution in [0.2, 0.25) is 0 Å². The Morgan fingerprint density at radius 3 is 2.71 bits per heavy atom. The van der Waals surface area contributed by atoms with Crippen LogP contribution in [-0.4, -0.2) is 36.9 Å². The van der Waals surface area contributed by atoms with Crippen molar-refractivity contribution in [2.24, 2.45) is 5.92 Å². The monoisotopic (exact) mass is 340 g/mol. The van der Waals surface area contributed by atoms with Crippen molar-refractivity contribution >= 4 is 29.5 Å². The molecule has 5 heteroatoms. The first-order chi connectivity index (χ1) is 11.6. The summed E-state index contributed by atoms with van der Waals surface area (Å²) in [4.78, 5) is 27.3. The fourth-order valence-electron chi connectivity index (χ4n) is 3.81. The molecule has 1 aromatic rings.